The predicted octanol–water partition coefficient (Wildman–Crippen LogP) is 3.56. The molecule has 19 heavy (non-hydrogen) atoms. The van der Waals surface area contributed by atoms with Gasteiger partial charge in [-0.1, -0.05) is 42.0 Å². The average molecular weight is 256 g/mol. The first-order valence-electron chi connectivity index (χ1n) is 6.86. The second-order valence-electron chi connectivity index (χ2n) is 5.33. The summed E-state index contributed by atoms with van der Waals surface area (Å²) in [6.45, 7) is 3.24. The minimum absolute atomic E-state index is 0.00872. The van der Waals surface area contributed by atoms with E-state index < -0.39 is 0 Å². The molecule has 0 fully saturated rings. The first-order chi connectivity index (χ1) is 9.06. The molecule has 0 N–H and O–H groups in total. The van der Waals surface area contributed by atoms with E-state index in [1.807, 2.05) is 12.2 Å². The number of Topliss-reactive ketones (excluding diaryl/α,β-unsaturated/α-hetero) is 2. The van der Waals surface area contributed by atoms with Gasteiger partial charge in [0, 0.05) is 5.57 Å². The van der Waals surface area contributed by atoms with Gasteiger partial charge in [0.05, 0.1) is 5.92 Å². The number of carbonyl (C=O) groups excluding carboxylic acids is 2. The van der Waals surface area contributed by atoms with E-state index in [9.17, 15) is 9.59 Å². The molecule has 2 atom stereocenters. The monoisotopic (exact) mass is 256 g/mol. The molecular formula is C17H20O2. The molecule has 0 aromatic heterocycles. The van der Waals surface area contributed by atoms with E-state index in [4.69, 9.17) is 0 Å². The van der Waals surface area contributed by atoms with Crippen LogP contribution in [0.25, 0.3) is 0 Å². The summed E-state index contributed by atoms with van der Waals surface area (Å²) in [5.41, 5.74) is 2.10. The van der Waals surface area contributed by atoms with Crippen LogP contribution in [0, 0.1) is 11.8 Å². The van der Waals surface area contributed by atoms with Crippen molar-refractivity contribution in [1.82, 2.24) is 0 Å². The SMILES string of the molecule is CC(=O)C1=CC(CCCC2=CC(C(C)=O)C=C2)C=C1. The van der Waals surface area contributed by atoms with Gasteiger partial charge < -0.3 is 0 Å². The lowest BCUT2D eigenvalue weighted by atomic mass is 10.0. The fourth-order valence-corrected chi connectivity index (χ4v) is 2.51. The Balaban J connectivity index is 1.76. The molecule has 0 bridgehead atoms. The van der Waals surface area contributed by atoms with Gasteiger partial charge >= 0.3 is 0 Å². The number of hydrogen-bond donors (Lipinski definition) is 0. The Hall–Kier alpha value is -1.70. The normalized spacial score (nSPS) is 24.5. The third kappa shape index (κ3) is 3.63. The summed E-state index contributed by atoms with van der Waals surface area (Å²) in [7, 11) is 0. The number of ketones is 2. The van der Waals surface area contributed by atoms with Gasteiger partial charge in [-0.05, 0) is 39.0 Å². The molecule has 2 nitrogen and oxygen atoms in total. The van der Waals surface area contributed by atoms with E-state index in [1.54, 1.807) is 13.8 Å². The third-order valence-corrected chi connectivity index (χ3v) is 3.71. The van der Waals surface area contributed by atoms with Crippen molar-refractivity contribution in [3.05, 3.63) is 47.6 Å². The van der Waals surface area contributed by atoms with Crippen molar-refractivity contribution in [3.8, 4) is 0 Å². The van der Waals surface area contributed by atoms with Crippen LogP contribution < -0.4 is 0 Å². The lowest BCUT2D eigenvalue weighted by Crippen LogP contribution is -2.01. The molecule has 0 saturated carbocycles. The van der Waals surface area contributed by atoms with Gasteiger partial charge in [0.1, 0.15) is 5.78 Å². The minimum atomic E-state index is -0.00872. The molecule has 100 valence electrons. The van der Waals surface area contributed by atoms with Gasteiger partial charge in [-0.15, -0.1) is 0 Å². The van der Waals surface area contributed by atoms with Crippen molar-refractivity contribution < 1.29 is 9.59 Å². The standard InChI is InChI=1S/C17H20O2/c1-12(18)16-8-6-14(10-16)4-3-5-15-7-9-17(11-15)13(2)19/h6-11,14,17H,3-5H2,1-2H3. The summed E-state index contributed by atoms with van der Waals surface area (Å²) < 4.78 is 0. The molecule has 0 heterocycles. The van der Waals surface area contributed by atoms with Crippen molar-refractivity contribution in [2.24, 2.45) is 11.8 Å². The highest BCUT2D eigenvalue weighted by atomic mass is 16.1. The largest absolute Gasteiger partial charge is 0.299 e. The second-order valence-corrected chi connectivity index (χ2v) is 5.33. The summed E-state index contributed by atoms with van der Waals surface area (Å²) in [6.07, 6.45) is 15.3. The lowest BCUT2D eigenvalue weighted by molar-refractivity contribution is -0.118. The Kier molecular flexibility index (Phi) is 4.31. The lowest BCUT2D eigenvalue weighted by Gasteiger charge is -2.05. The van der Waals surface area contributed by atoms with Crippen molar-refractivity contribution in [3.63, 3.8) is 0 Å². The fourth-order valence-electron chi connectivity index (χ4n) is 2.51. The van der Waals surface area contributed by atoms with Gasteiger partial charge in [-0.25, -0.2) is 0 Å². The van der Waals surface area contributed by atoms with Gasteiger partial charge in [-0.2, -0.15) is 0 Å². The summed E-state index contributed by atoms with van der Waals surface area (Å²) in [4.78, 5) is 22.4. The maximum atomic E-state index is 11.2. The Labute approximate surface area is 114 Å². The van der Waals surface area contributed by atoms with Crippen molar-refractivity contribution in [2.45, 2.75) is 33.1 Å². The zero-order valence-electron chi connectivity index (χ0n) is 11.6. The zero-order chi connectivity index (χ0) is 13.8. The molecule has 0 radical (unpaired) electrons. The second kappa shape index (κ2) is 5.96. The maximum Gasteiger partial charge on any atom is 0.159 e. The molecule has 0 spiro atoms. The van der Waals surface area contributed by atoms with Crippen LogP contribution in [0.3, 0.4) is 0 Å². The first-order valence-corrected chi connectivity index (χ1v) is 6.86. The molecule has 2 heteroatoms. The van der Waals surface area contributed by atoms with Crippen LogP contribution in [0.5, 0.6) is 0 Å². The van der Waals surface area contributed by atoms with Gasteiger partial charge in [0.2, 0.25) is 0 Å². The molecule has 0 amide bonds. The molecule has 2 aliphatic rings. The molecule has 0 aliphatic heterocycles. The summed E-state index contributed by atoms with van der Waals surface area (Å²) in [6, 6.07) is 0. The van der Waals surface area contributed by atoms with Crippen LogP contribution in [0.1, 0.15) is 33.1 Å². The maximum absolute atomic E-state index is 11.2. The fraction of sp³-hybridized carbons (Fsp3) is 0.412. The van der Waals surface area contributed by atoms with Gasteiger partial charge in [0.25, 0.3) is 0 Å². The number of hydrogen-bond acceptors (Lipinski definition) is 2. The molecule has 0 aromatic rings. The number of rotatable bonds is 6. The Morgan fingerprint density at radius 3 is 2.47 bits per heavy atom. The van der Waals surface area contributed by atoms with Crippen molar-refractivity contribution in [2.75, 3.05) is 0 Å². The Bertz CT molecular complexity index is 503. The van der Waals surface area contributed by atoms with E-state index in [0.717, 1.165) is 24.8 Å². The zero-order valence-corrected chi connectivity index (χ0v) is 11.6. The first kappa shape index (κ1) is 13.7. The summed E-state index contributed by atoms with van der Waals surface area (Å²) >= 11 is 0. The number of carbonyl (C=O) groups is 2. The molecule has 2 unspecified atom stereocenters. The van der Waals surface area contributed by atoms with Gasteiger partial charge in [0.15, 0.2) is 5.78 Å². The van der Waals surface area contributed by atoms with Crippen LogP contribution in [0.2, 0.25) is 0 Å². The molecule has 0 aromatic carbocycles. The molecule has 0 saturated heterocycles. The Morgan fingerprint density at radius 2 is 1.89 bits per heavy atom. The van der Waals surface area contributed by atoms with E-state index in [-0.39, 0.29) is 17.5 Å². The highest BCUT2D eigenvalue weighted by Crippen LogP contribution is 2.25. The van der Waals surface area contributed by atoms with Crippen LogP contribution in [0.15, 0.2) is 47.6 Å². The van der Waals surface area contributed by atoms with Crippen molar-refractivity contribution in [1.29, 1.82) is 0 Å². The van der Waals surface area contributed by atoms with E-state index >= 15 is 0 Å². The molecule has 2 rings (SSSR count). The minimum Gasteiger partial charge on any atom is -0.299 e. The topological polar surface area (TPSA) is 34.1 Å². The van der Waals surface area contributed by atoms with E-state index in [2.05, 4.69) is 24.3 Å². The average Bonchev–Trinajstić information content (AvgIpc) is 2.97. The quantitative estimate of drug-likeness (QED) is 0.728. The molecule has 2 aliphatic carbocycles. The highest BCUT2D eigenvalue weighted by Gasteiger charge is 2.15. The van der Waals surface area contributed by atoms with Crippen molar-refractivity contribution >= 4 is 11.6 Å². The van der Waals surface area contributed by atoms with E-state index in [0.29, 0.717) is 5.92 Å². The van der Waals surface area contributed by atoms with Crippen LogP contribution >= 0.6 is 0 Å². The van der Waals surface area contributed by atoms with Gasteiger partial charge in [-0.3, -0.25) is 9.59 Å². The Morgan fingerprint density at radius 1 is 1.11 bits per heavy atom. The third-order valence-electron chi connectivity index (χ3n) is 3.71. The summed E-state index contributed by atoms with van der Waals surface area (Å²) in [5, 5.41) is 0. The van der Waals surface area contributed by atoms with Crippen LogP contribution in [-0.4, -0.2) is 11.6 Å². The molecular weight excluding hydrogens is 236 g/mol. The van der Waals surface area contributed by atoms with Crippen LogP contribution in [-0.2, 0) is 9.59 Å². The van der Waals surface area contributed by atoms with Crippen LogP contribution in [0.4, 0.5) is 0 Å². The smallest absolute Gasteiger partial charge is 0.159 e. The highest BCUT2D eigenvalue weighted by molar-refractivity contribution is 5.96. The summed E-state index contributed by atoms with van der Waals surface area (Å²) in [5.74, 6) is 0.738. The predicted molar refractivity (Wildman–Crippen MR) is 76.6 cm³/mol. The number of allylic oxidation sites excluding steroid dienone is 8. The van der Waals surface area contributed by atoms with E-state index in [1.165, 1.54) is 5.57 Å².